The molecule has 7 heteroatoms. The molecule has 0 saturated carbocycles. The van der Waals surface area contributed by atoms with E-state index in [0.717, 1.165) is 21.6 Å². The van der Waals surface area contributed by atoms with Gasteiger partial charge in [0.25, 0.3) is 5.95 Å². The van der Waals surface area contributed by atoms with Gasteiger partial charge < -0.3 is 9.73 Å². The maximum absolute atomic E-state index is 5.81. The van der Waals surface area contributed by atoms with Crippen molar-refractivity contribution in [2.45, 2.75) is 13.1 Å². The zero-order valence-corrected chi connectivity index (χ0v) is 13.3. The third-order valence-corrected chi connectivity index (χ3v) is 3.49. The number of tetrazole rings is 1. The number of hydrogen-bond acceptors (Lipinski definition) is 5. The van der Waals surface area contributed by atoms with Gasteiger partial charge in [0.05, 0.1) is 13.1 Å². The third-order valence-electron chi connectivity index (χ3n) is 2.96. The van der Waals surface area contributed by atoms with Gasteiger partial charge in [-0.2, -0.15) is 4.80 Å². The molecule has 112 valence electrons. The second-order valence-corrected chi connectivity index (χ2v) is 5.50. The number of hydrogen-bond donors (Lipinski definition) is 1. The van der Waals surface area contributed by atoms with Crippen molar-refractivity contribution in [3.05, 3.63) is 59.3 Å². The molecule has 2 heterocycles. The van der Waals surface area contributed by atoms with Crippen molar-refractivity contribution in [3.8, 4) is 11.3 Å². The number of allylic oxidation sites excluding steroid dienone is 1. The van der Waals surface area contributed by atoms with Gasteiger partial charge in [-0.05, 0) is 29.5 Å². The quantitative estimate of drug-likeness (QED) is 0.682. The average Bonchev–Trinajstić information content (AvgIpc) is 3.16. The summed E-state index contributed by atoms with van der Waals surface area (Å²) in [6.07, 6.45) is 1.71. The molecule has 0 bridgehead atoms. The zero-order valence-electron chi connectivity index (χ0n) is 11.7. The maximum atomic E-state index is 5.81. The Morgan fingerprint density at radius 2 is 2.05 bits per heavy atom. The lowest BCUT2D eigenvalue weighted by Crippen LogP contribution is -2.02. The molecule has 1 aromatic carbocycles. The molecule has 0 aliphatic rings. The van der Waals surface area contributed by atoms with Gasteiger partial charge in [-0.3, -0.25) is 0 Å². The van der Waals surface area contributed by atoms with E-state index in [0.29, 0.717) is 19.0 Å². The van der Waals surface area contributed by atoms with E-state index in [9.17, 15) is 0 Å². The molecule has 0 saturated heterocycles. The van der Waals surface area contributed by atoms with Crippen LogP contribution in [0, 0.1) is 0 Å². The van der Waals surface area contributed by atoms with Gasteiger partial charge in [0.15, 0.2) is 0 Å². The second kappa shape index (κ2) is 6.57. The minimum absolute atomic E-state index is 0.462. The summed E-state index contributed by atoms with van der Waals surface area (Å²) in [6.45, 7) is 4.66. The van der Waals surface area contributed by atoms with Gasteiger partial charge >= 0.3 is 0 Å². The van der Waals surface area contributed by atoms with Crippen molar-refractivity contribution in [1.29, 1.82) is 0 Å². The van der Waals surface area contributed by atoms with Crippen molar-refractivity contribution < 1.29 is 4.42 Å². The topological polar surface area (TPSA) is 68.8 Å². The standard InChI is InChI=1S/C15H14BrN5O/c1-2-9-21-19-15(18-20-21)17-10-13-7-8-14(22-13)11-3-5-12(16)6-4-11/h2-8H,1,9-10H2,(H,17,19). The predicted octanol–water partition coefficient (Wildman–Crippen LogP) is 3.49. The molecule has 6 nitrogen and oxygen atoms in total. The summed E-state index contributed by atoms with van der Waals surface area (Å²) in [5.41, 5.74) is 1.03. The summed E-state index contributed by atoms with van der Waals surface area (Å²) in [5.74, 6) is 2.09. The van der Waals surface area contributed by atoms with Crippen LogP contribution >= 0.6 is 15.9 Å². The molecule has 3 aromatic rings. The molecule has 3 rings (SSSR count). The van der Waals surface area contributed by atoms with Crippen LogP contribution in [0.2, 0.25) is 0 Å². The Morgan fingerprint density at radius 3 is 2.82 bits per heavy atom. The Balaban J connectivity index is 1.63. The number of rotatable bonds is 6. The monoisotopic (exact) mass is 359 g/mol. The highest BCUT2D eigenvalue weighted by molar-refractivity contribution is 9.10. The van der Waals surface area contributed by atoms with Crippen LogP contribution in [0.4, 0.5) is 5.95 Å². The van der Waals surface area contributed by atoms with E-state index in [1.54, 1.807) is 6.08 Å². The van der Waals surface area contributed by atoms with E-state index in [1.165, 1.54) is 4.80 Å². The molecule has 0 radical (unpaired) electrons. The molecule has 1 N–H and O–H groups in total. The molecule has 0 atom stereocenters. The Kier molecular flexibility index (Phi) is 4.34. The van der Waals surface area contributed by atoms with Crippen molar-refractivity contribution in [3.63, 3.8) is 0 Å². The molecule has 0 spiro atoms. The summed E-state index contributed by atoms with van der Waals surface area (Å²) in [4.78, 5) is 1.46. The van der Waals surface area contributed by atoms with Crippen molar-refractivity contribution >= 4 is 21.9 Å². The lowest BCUT2D eigenvalue weighted by Gasteiger charge is -1.99. The molecule has 0 aliphatic heterocycles. The Morgan fingerprint density at radius 1 is 1.23 bits per heavy atom. The number of furan rings is 1. The highest BCUT2D eigenvalue weighted by Crippen LogP contribution is 2.24. The van der Waals surface area contributed by atoms with E-state index < -0.39 is 0 Å². The lowest BCUT2D eigenvalue weighted by molar-refractivity contribution is 0.530. The van der Waals surface area contributed by atoms with Gasteiger partial charge in [-0.15, -0.1) is 11.7 Å². The predicted molar refractivity (Wildman–Crippen MR) is 87.2 cm³/mol. The molecule has 0 fully saturated rings. The minimum Gasteiger partial charge on any atom is -0.459 e. The van der Waals surface area contributed by atoms with E-state index >= 15 is 0 Å². The molecular weight excluding hydrogens is 346 g/mol. The number of nitrogens with zero attached hydrogens (tertiary/aromatic N) is 4. The first-order chi connectivity index (χ1) is 10.7. The van der Waals surface area contributed by atoms with Crippen LogP contribution < -0.4 is 5.32 Å². The summed E-state index contributed by atoms with van der Waals surface area (Å²) in [5, 5.41) is 15.0. The first-order valence-electron chi connectivity index (χ1n) is 6.72. The number of benzene rings is 1. The van der Waals surface area contributed by atoms with Gasteiger partial charge in [0.2, 0.25) is 0 Å². The highest BCUT2D eigenvalue weighted by atomic mass is 79.9. The Labute approximate surface area is 136 Å². The fraction of sp³-hybridized carbons (Fsp3) is 0.133. The summed E-state index contributed by atoms with van der Waals surface area (Å²) < 4.78 is 6.85. The fourth-order valence-corrected chi connectivity index (χ4v) is 2.18. The first-order valence-corrected chi connectivity index (χ1v) is 7.51. The van der Waals surface area contributed by atoms with Gasteiger partial charge in [0.1, 0.15) is 11.5 Å². The Hall–Kier alpha value is -2.41. The molecule has 0 unspecified atom stereocenters. The first kappa shape index (κ1) is 14.5. The van der Waals surface area contributed by atoms with Crippen molar-refractivity contribution in [2.75, 3.05) is 5.32 Å². The van der Waals surface area contributed by atoms with E-state index in [4.69, 9.17) is 4.42 Å². The van der Waals surface area contributed by atoms with E-state index in [-0.39, 0.29) is 0 Å². The van der Waals surface area contributed by atoms with Gasteiger partial charge in [-0.1, -0.05) is 39.2 Å². The highest BCUT2D eigenvalue weighted by Gasteiger charge is 2.06. The zero-order chi connectivity index (χ0) is 15.4. The van der Waals surface area contributed by atoms with Crippen LogP contribution in [0.25, 0.3) is 11.3 Å². The van der Waals surface area contributed by atoms with Crippen LogP contribution in [0.3, 0.4) is 0 Å². The average molecular weight is 360 g/mol. The van der Waals surface area contributed by atoms with Crippen LogP contribution in [0.15, 0.2) is 57.9 Å². The molecule has 0 aliphatic carbocycles. The number of aromatic nitrogens is 4. The molecular formula is C15H14BrN5O. The SMILES string of the molecule is C=CCn1nnc(NCc2ccc(-c3ccc(Br)cc3)o2)n1. The summed E-state index contributed by atoms with van der Waals surface area (Å²) in [6, 6.07) is 11.8. The number of nitrogens with one attached hydrogen (secondary N) is 1. The summed E-state index contributed by atoms with van der Waals surface area (Å²) >= 11 is 3.42. The normalized spacial score (nSPS) is 10.6. The summed E-state index contributed by atoms with van der Waals surface area (Å²) in [7, 11) is 0. The van der Waals surface area contributed by atoms with E-state index in [1.807, 2.05) is 36.4 Å². The minimum atomic E-state index is 0.462. The van der Waals surface area contributed by atoms with Gasteiger partial charge in [0, 0.05) is 10.0 Å². The molecule has 2 aromatic heterocycles. The van der Waals surface area contributed by atoms with E-state index in [2.05, 4.69) is 43.2 Å². The smallest absolute Gasteiger partial charge is 0.263 e. The lowest BCUT2D eigenvalue weighted by atomic mass is 10.2. The van der Waals surface area contributed by atoms with Crippen LogP contribution in [-0.2, 0) is 13.1 Å². The fourth-order valence-electron chi connectivity index (χ4n) is 1.92. The van der Waals surface area contributed by atoms with Crippen LogP contribution in [0.1, 0.15) is 5.76 Å². The molecule has 0 amide bonds. The maximum Gasteiger partial charge on any atom is 0.263 e. The third kappa shape index (κ3) is 3.43. The van der Waals surface area contributed by atoms with Gasteiger partial charge in [-0.25, -0.2) is 0 Å². The number of anilines is 1. The molecule has 22 heavy (non-hydrogen) atoms. The number of halogens is 1. The largest absolute Gasteiger partial charge is 0.459 e. The van der Waals surface area contributed by atoms with Crippen molar-refractivity contribution in [2.24, 2.45) is 0 Å². The van der Waals surface area contributed by atoms with Crippen LogP contribution in [0.5, 0.6) is 0 Å². The van der Waals surface area contributed by atoms with Crippen molar-refractivity contribution in [1.82, 2.24) is 20.2 Å². The van der Waals surface area contributed by atoms with Crippen LogP contribution in [-0.4, -0.2) is 20.2 Å². The Bertz CT molecular complexity index is 762. The second-order valence-electron chi connectivity index (χ2n) is 4.58.